The number of nitro benzene ring substituents is 1. The highest BCUT2D eigenvalue weighted by Crippen LogP contribution is 2.34. The Balaban J connectivity index is 1.89. The Morgan fingerprint density at radius 3 is 2.36 bits per heavy atom. The number of fused-ring (bicyclic) bond motifs is 1. The van der Waals surface area contributed by atoms with E-state index in [0.29, 0.717) is 40.3 Å². The zero-order chi connectivity index (χ0) is 19.7. The lowest BCUT2D eigenvalue weighted by atomic mass is 9.98. The largest absolute Gasteiger partial charge is 0.507 e. The van der Waals surface area contributed by atoms with E-state index in [4.69, 9.17) is 9.98 Å². The summed E-state index contributed by atoms with van der Waals surface area (Å²) >= 11 is 0. The van der Waals surface area contributed by atoms with Crippen LogP contribution in [0, 0.1) is 17.0 Å². The lowest BCUT2D eigenvalue weighted by Gasteiger charge is -2.10. The van der Waals surface area contributed by atoms with Gasteiger partial charge in [0.25, 0.3) is 5.69 Å². The molecule has 1 heterocycles. The number of aromatic hydroxyl groups is 1. The van der Waals surface area contributed by atoms with Crippen LogP contribution in [0.15, 0.2) is 76.7 Å². The van der Waals surface area contributed by atoms with Crippen molar-refractivity contribution in [1.82, 2.24) is 0 Å². The van der Waals surface area contributed by atoms with Gasteiger partial charge in [-0.2, -0.15) is 0 Å². The quantitative estimate of drug-likeness (QED) is 0.503. The highest BCUT2D eigenvalue weighted by Gasteiger charge is 2.20. The molecule has 0 radical (unpaired) electrons. The molecule has 0 aromatic heterocycles. The summed E-state index contributed by atoms with van der Waals surface area (Å²) in [6, 6.07) is 19.2. The number of aliphatic imine (C=N–C) groups is 2. The molecular formula is C22H17N3O3. The van der Waals surface area contributed by atoms with Crippen LogP contribution in [0.3, 0.4) is 0 Å². The molecule has 0 atom stereocenters. The van der Waals surface area contributed by atoms with Crippen LogP contribution in [0.25, 0.3) is 0 Å². The minimum Gasteiger partial charge on any atom is -0.507 e. The summed E-state index contributed by atoms with van der Waals surface area (Å²) in [5, 5.41) is 21.6. The molecule has 3 aromatic carbocycles. The van der Waals surface area contributed by atoms with Gasteiger partial charge in [0.05, 0.1) is 27.7 Å². The van der Waals surface area contributed by atoms with E-state index in [1.807, 2.05) is 43.3 Å². The topological polar surface area (TPSA) is 88.1 Å². The molecule has 0 aliphatic carbocycles. The van der Waals surface area contributed by atoms with Crippen molar-refractivity contribution >= 4 is 28.5 Å². The van der Waals surface area contributed by atoms with Gasteiger partial charge in [0.15, 0.2) is 0 Å². The van der Waals surface area contributed by atoms with Gasteiger partial charge in [-0.1, -0.05) is 35.9 Å². The summed E-state index contributed by atoms with van der Waals surface area (Å²) in [6.45, 7) is 1.95. The van der Waals surface area contributed by atoms with Crippen LogP contribution in [0.2, 0.25) is 0 Å². The van der Waals surface area contributed by atoms with Crippen LogP contribution < -0.4 is 0 Å². The van der Waals surface area contributed by atoms with Gasteiger partial charge < -0.3 is 5.11 Å². The van der Waals surface area contributed by atoms with E-state index >= 15 is 0 Å². The zero-order valence-corrected chi connectivity index (χ0v) is 15.2. The standard InChI is InChI=1S/C22H17N3O3/c1-14-9-10-22(26)17(11-14)21-13-20(15-5-4-6-16(12-15)25(27)28)23-18-7-2-3-8-19(18)24-21/h2-12,26H,13H2,1H3. The van der Waals surface area contributed by atoms with E-state index in [1.165, 1.54) is 12.1 Å². The molecule has 1 aliphatic rings. The van der Waals surface area contributed by atoms with E-state index in [9.17, 15) is 15.2 Å². The number of aryl methyl sites for hydroxylation is 1. The first-order valence-electron chi connectivity index (χ1n) is 8.80. The first-order chi connectivity index (χ1) is 13.5. The van der Waals surface area contributed by atoms with E-state index in [2.05, 4.69) is 0 Å². The van der Waals surface area contributed by atoms with Crippen molar-refractivity contribution < 1.29 is 10.0 Å². The number of rotatable bonds is 3. The number of phenolic OH excluding ortho intramolecular Hbond substituents is 1. The van der Waals surface area contributed by atoms with Gasteiger partial charge in [-0.15, -0.1) is 0 Å². The maximum atomic E-state index is 11.2. The van der Waals surface area contributed by atoms with Gasteiger partial charge in [-0.25, -0.2) is 0 Å². The maximum absolute atomic E-state index is 11.2. The van der Waals surface area contributed by atoms with Gasteiger partial charge in [0.2, 0.25) is 0 Å². The van der Waals surface area contributed by atoms with Crippen molar-refractivity contribution in [3.63, 3.8) is 0 Å². The normalized spacial score (nSPS) is 13.2. The maximum Gasteiger partial charge on any atom is 0.270 e. The molecule has 0 saturated carbocycles. The fourth-order valence-corrected chi connectivity index (χ4v) is 3.18. The van der Waals surface area contributed by atoms with Crippen LogP contribution in [-0.2, 0) is 0 Å². The summed E-state index contributed by atoms with van der Waals surface area (Å²) in [6.07, 6.45) is 0.340. The van der Waals surface area contributed by atoms with Gasteiger partial charge in [-0.05, 0) is 31.2 Å². The van der Waals surface area contributed by atoms with Crippen LogP contribution in [-0.4, -0.2) is 21.5 Å². The average Bonchev–Trinajstić information content (AvgIpc) is 2.89. The molecule has 138 valence electrons. The van der Waals surface area contributed by atoms with Crippen molar-refractivity contribution in [3.05, 3.63) is 93.5 Å². The second kappa shape index (κ2) is 7.08. The molecule has 1 aliphatic heterocycles. The molecule has 0 amide bonds. The highest BCUT2D eigenvalue weighted by atomic mass is 16.6. The van der Waals surface area contributed by atoms with E-state index in [0.717, 1.165) is 5.56 Å². The van der Waals surface area contributed by atoms with E-state index in [-0.39, 0.29) is 11.4 Å². The molecule has 0 spiro atoms. The fourth-order valence-electron chi connectivity index (χ4n) is 3.18. The third-order valence-corrected chi connectivity index (χ3v) is 4.58. The second-order valence-electron chi connectivity index (χ2n) is 6.61. The number of hydrogen-bond donors (Lipinski definition) is 1. The van der Waals surface area contributed by atoms with Gasteiger partial charge in [-0.3, -0.25) is 20.1 Å². The number of non-ortho nitro benzene ring substituents is 1. The minimum absolute atomic E-state index is 0.00891. The monoisotopic (exact) mass is 371 g/mol. The summed E-state index contributed by atoms with van der Waals surface area (Å²) in [5.74, 6) is 0.141. The van der Waals surface area contributed by atoms with Crippen LogP contribution in [0.5, 0.6) is 5.75 Å². The molecular weight excluding hydrogens is 354 g/mol. The predicted molar refractivity (Wildman–Crippen MR) is 109 cm³/mol. The first-order valence-corrected chi connectivity index (χ1v) is 8.80. The van der Waals surface area contributed by atoms with E-state index in [1.54, 1.807) is 18.2 Å². The summed E-state index contributed by atoms with van der Waals surface area (Å²) in [5.41, 5.74) is 5.01. The Morgan fingerprint density at radius 1 is 0.929 bits per heavy atom. The number of phenols is 1. The van der Waals surface area contributed by atoms with Gasteiger partial charge in [0, 0.05) is 29.7 Å². The molecule has 6 heteroatoms. The molecule has 0 bridgehead atoms. The number of nitro groups is 1. The smallest absolute Gasteiger partial charge is 0.270 e. The molecule has 0 saturated heterocycles. The Morgan fingerprint density at radius 2 is 1.64 bits per heavy atom. The van der Waals surface area contributed by atoms with Crippen LogP contribution in [0.1, 0.15) is 23.1 Å². The Bertz CT molecular complexity index is 1150. The molecule has 0 unspecified atom stereocenters. The summed E-state index contributed by atoms with van der Waals surface area (Å²) in [7, 11) is 0. The van der Waals surface area contributed by atoms with Crippen molar-refractivity contribution in [1.29, 1.82) is 0 Å². The molecule has 6 nitrogen and oxygen atoms in total. The number of hydrogen-bond acceptors (Lipinski definition) is 5. The Hall–Kier alpha value is -3.80. The molecule has 28 heavy (non-hydrogen) atoms. The SMILES string of the molecule is Cc1ccc(O)c(C2=Nc3ccccc3N=C(c3cccc([N+](=O)[O-])c3)C2)c1. The van der Waals surface area contributed by atoms with Gasteiger partial charge >= 0.3 is 0 Å². The number of benzene rings is 3. The Labute approximate surface area is 161 Å². The highest BCUT2D eigenvalue weighted by molar-refractivity contribution is 6.21. The number of nitrogens with zero attached hydrogens (tertiary/aromatic N) is 3. The summed E-state index contributed by atoms with van der Waals surface area (Å²) in [4.78, 5) is 20.2. The third-order valence-electron chi connectivity index (χ3n) is 4.58. The first kappa shape index (κ1) is 17.6. The molecule has 0 fully saturated rings. The van der Waals surface area contributed by atoms with Crippen LogP contribution in [0.4, 0.5) is 17.1 Å². The van der Waals surface area contributed by atoms with Crippen molar-refractivity contribution in [2.75, 3.05) is 0 Å². The minimum atomic E-state index is -0.421. The lowest BCUT2D eigenvalue weighted by molar-refractivity contribution is -0.384. The van der Waals surface area contributed by atoms with Crippen molar-refractivity contribution in [2.45, 2.75) is 13.3 Å². The predicted octanol–water partition coefficient (Wildman–Crippen LogP) is 5.25. The second-order valence-corrected chi connectivity index (χ2v) is 6.61. The average molecular weight is 371 g/mol. The lowest BCUT2D eigenvalue weighted by Crippen LogP contribution is -2.10. The molecule has 1 N–H and O–H groups in total. The number of para-hydroxylation sites is 2. The van der Waals surface area contributed by atoms with Gasteiger partial charge in [0.1, 0.15) is 5.75 Å². The van der Waals surface area contributed by atoms with Crippen molar-refractivity contribution in [2.24, 2.45) is 9.98 Å². The Kier molecular flexibility index (Phi) is 4.45. The summed E-state index contributed by atoms with van der Waals surface area (Å²) < 4.78 is 0. The third kappa shape index (κ3) is 3.40. The van der Waals surface area contributed by atoms with Crippen LogP contribution >= 0.6 is 0 Å². The van der Waals surface area contributed by atoms with Crippen molar-refractivity contribution in [3.8, 4) is 5.75 Å². The fraction of sp³-hybridized carbons (Fsp3) is 0.0909. The van der Waals surface area contributed by atoms with E-state index < -0.39 is 4.92 Å². The molecule has 4 rings (SSSR count). The molecule has 3 aromatic rings. The zero-order valence-electron chi connectivity index (χ0n) is 15.2.